The quantitative estimate of drug-likeness (QED) is 0.506. The number of nitrogens with zero attached hydrogens (tertiary/aromatic N) is 6. The zero-order chi connectivity index (χ0) is 23.6. The molecule has 14 heteroatoms. The molecule has 1 saturated heterocycles. The first-order chi connectivity index (χ1) is 15.1. The zero-order valence-electron chi connectivity index (χ0n) is 17.5. The topological polar surface area (TPSA) is 115 Å². The Kier molecular flexibility index (Phi) is 6.40. The molecule has 0 aliphatic carbocycles. The van der Waals surface area contributed by atoms with Gasteiger partial charge in [0.25, 0.3) is 17.4 Å². The van der Waals surface area contributed by atoms with Gasteiger partial charge in [0.2, 0.25) is 5.95 Å². The molecule has 1 N–H and O–H groups in total. The molecule has 1 aliphatic heterocycles. The SMILES string of the molecule is CC#CCn1c(N2CCNCC2)nc2nc(N(OC(=O)C(F)(F)F)C(C)=O)n(C)c(=O)c21. The fourth-order valence-corrected chi connectivity index (χ4v) is 3.11. The Morgan fingerprint density at radius 1 is 1.25 bits per heavy atom. The number of fused-ring (bicyclic) bond motifs is 1. The van der Waals surface area contributed by atoms with Crippen LogP contribution in [0, 0.1) is 11.8 Å². The van der Waals surface area contributed by atoms with Gasteiger partial charge in [-0.15, -0.1) is 11.0 Å². The number of halogens is 3. The molecular formula is C18H20F3N7O4. The van der Waals surface area contributed by atoms with Gasteiger partial charge >= 0.3 is 12.1 Å². The highest BCUT2D eigenvalue weighted by Gasteiger charge is 2.44. The first kappa shape index (κ1) is 23.1. The number of rotatable bonds is 3. The molecule has 1 fully saturated rings. The van der Waals surface area contributed by atoms with E-state index in [1.165, 1.54) is 7.05 Å². The van der Waals surface area contributed by atoms with Crippen LogP contribution in [0.4, 0.5) is 25.1 Å². The minimum atomic E-state index is -5.35. The van der Waals surface area contributed by atoms with Crippen LogP contribution in [0.1, 0.15) is 13.8 Å². The van der Waals surface area contributed by atoms with E-state index in [9.17, 15) is 27.6 Å². The van der Waals surface area contributed by atoms with Crippen molar-refractivity contribution >= 4 is 34.9 Å². The number of piperazine rings is 1. The Bertz CT molecular complexity index is 1170. The lowest BCUT2D eigenvalue weighted by molar-refractivity contribution is -0.201. The van der Waals surface area contributed by atoms with Crippen molar-refractivity contribution in [3.63, 3.8) is 0 Å². The Balaban J connectivity index is 2.18. The highest BCUT2D eigenvalue weighted by atomic mass is 19.4. The van der Waals surface area contributed by atoms with Crippen LogP contribution in [0.25, 0.3) is 11.2 Å². The predicted octanol–water partition coefficient (Wildman–Crippen LogP) is -0.0637. The van der Waals surface area contributed by atoms with Gasteiger partial charge in [0, 0.05) is 40.2 Å². The van der Waals surface area contributed by atoms with Gasteiger partial charge in [0.1, 0.15) is 0 Å². The molecule has 2 aromatic heterocycles. The molecule has 3 rings (SSSR count). The summed E-state index contributed by atoms with van der Waals surface area (Å²) < 4.78 is 40.4. The number of carbonyl (C=O) groups excluding carboxylic acids is 2. The molecular weight excluding hydrogens is 435 g/mol. The third kappa shape index (κ3) is 4.37. The van der Waals surface area contributed by atoms with E-state index in [4.69, 9.17) is 0 Å². The van der Waals surface area contributed by atoms with Gasteiger partial charge in [-0.1, -0.05) is 5.92 Å². The zero-order valence-corrected chi connectivity index (χ0v) is 17.5. The van der Waals surface area contributed by atoms with E-state index in [0.717, 1.165) is 11.5 Å². The molecule has 3 heterocycles. The lowest BCUT2D eigenvalue weighted by atomic mass is 10.4. The maximum Gasteiger partial charge on any atom is 0.493 e. The Morgan fingerprint density at radius 3 is 2.47 bits per heavy atom. The van der Waals surface area contributed by atoms with Crippen LogP contribution in [-0.2, 0) is 28.0 Å². The molecule has 0 spiro atoms. The molecule has 0 bridgehead atoms. The van der Waals surface area contributed by atoms with Crippen molar-refractivity contribution in [2.45, 2.75) is 26.6 Å². The minimum absolute atomic E-state index is 0.0199. The first-order valence-electron chi connectivity index (χ1n) is 9.48. The second-order valence-electron chi connectivity index (χ2n) is 6.80. The second-order valence-corrected chi connectivity index (χ2v) is 6.80. The van der Waals surface area contributed by atoms with Gasteiger partial charge in [-0.3, -0.25) is 18.7 Å². The third-order valence-electron chi connectivity index (χ3n) is 4.63. The van der Waals surface area contributed by atoms with E-state index < -0.39 is 29.6 Å². The minimum Gasteiger partial charge on any atom is -0.340 e. The summed E-state index contributed by atoms with van der Waals surface area (Å²) in [5, 5.41) is 3.22. The fourth-order valence-electron chi connectivity index (χ4n) is 3.11. The summed E-state index contributed by atoms with van der Waals surface area (Å²) in [7, 11) is 1.19. The van der Waals surface area contributed by atoms with E-state index in [0.29, 0.717) is 32.1 Å². The summed E-state index contributed by atoms with van der Waals surface area (Å²) >= 11 is 0. The van der Waals surface area contributed by atoms with Crippen molar-refractivity contribution in [2.75, 3.05) is 36.1 Å². The lowest BCUT2D eigenvalue weighted by Crippen LogP contribution is -2.44. The number of carbonyl (C=O) groups is 2. The molecule has 0 atom stereocenters. The van der Waals surface area contributed by atoms with Crippen LogP contribution < -0.4 is 20.8 Å². The monoisotopic (exact) mass is 455 g/mol. The van der Waals surface area contributed by atoms with Gasteiger partial charge in [0.05, 0.1) is 6.54 Å². The second kappa shape index (κ2) is 8.87. The van der Waals surface area contributed by atoms with Crippen molar-refractivity contribution in [1.82, 2.24) is 24.4 Å². The van der Waals surface area contributed by atoms with Gasteiger partial charge < -0.3 is 15.1 Å². The number of anilines is 2. The van der Waals surface area contributed by atoms with Gasteiger partial charge in [-0.25, -0.2) is 4.79 Å². The van der Waals surface area contributed by atoms with Crippen LogP contribution in [0.2, 0.25) is 0 Å². The average Bonchev–Trinajstić information content (AvgIpc) is 3.11. The molecule has 1 amide bonds. The summed E-state index contributed by atoms with van der Waals surface area (Å²) in [6.07, 6.45) is -5.35. The van der Waals surface area contributed by atoms with Crippen molar-refractivity contribution in [3.05, 3.63) is 10.4 Å². The molecule has 2 aromatic rings. The van der Waals surface area contributed by atoms with Gasteiger partial charge in [-0.05, 0) is 6.92 Å². The summed E-state index contributed by atoms with van der Waals surface area (Å²) in [6, 6.07) is 0. The van der Waals surface area contributed by atoms with E-state index in [2.05, 4.69) is 32.0 Å². The maximum absolute atomic E-state index is 13.1. The summed E-state index contributed by atoms with van der Waals surface area (Å²) in [5.41, 5.74) is -0.770. The Labute approximate surface area is 179 Å². The number of nitrogens with one attached hydrogen (secondary N) is 1. The molecule has 0 aromatic carbocycles. The van der Waals surface area contributed by atoms with Crippen molar-refractivity contribution in [2.24, 2.45) is 7.05 Å². The van der Waals surface area contributed by atoms with Crippen LogP contribution in [0.15, 0.2) is 4.79 Å². The predicted molar refractivity (Wildman–Crippen MR) is 107 cm³/mol. The fraction of sp³-hybridized carbons (Fsp3) is 0.500. The van der Waals surface area contributed by atoms with Gasteiger partial charge in [0.15, 0.2) is 11.2 Å². The number of hydroxylamine groups is 1. The number of alkyl halides is 3. The van der Waals surface area contributed by atoms with Crippen LogP contribution in [0.5, 0.6) is 0 Å². The summed E-state index contributed by atoms with van der Waals surface area (Å²) in [6.45, 7) is 5.19. The number of hydrogen-bond acceptors (Lipinski definition) is 8. The molecule has 32 heavy (non-hydrogen) atoms. The van der Waals surface area contributed by atoms with E-state index in [-0.39, 0.29) is 22.8 Å². The van der Waals surface area contributed by atoms with Crippen molar-refractivity contribution < 1.29 is 27.6 Å². The Morgan fingerprint density at radius 2 is 1.91 bits per heavy atom. The standard InChI is InChI=1S/C18H20F3N7O4/c1-4-5-8-27-12-13(24-17(27)26-9-6-22-7-10-26)23-16(25(3)14(12)30)28(11(2)29)32-15(31)18(19,20)21/h22H,6-10H2,1-3H3. The third-order valence-corrected chi connectivity index (χ3v) is 4.63. The molecule has 11 nitrogen and oxygen atoms in total. The smallest absolute Gasteiger partial charge is 0.340 e. The number of hydrogen-bond donors (Lipinski definition) is 1. The number of amides is 1. The Hall–Kier alpha value is -3.60. The molecule has 0 unspecified atom stereocenters. The van der Waals surface area contributed by atoms with Crippen LogP contribution in [-0.4, -0.2) is 63.3 Å². The first-order valence-corrected chi connectivity index (χ1v) is 9.48. The van der Waals surface area contributed by atoms with Crippen LogP contribution >= 0.6 is 0 Å². The summed E-state index contributed by atoms with van der Waals surface area (Å²) in [4.78, 5) is 50.9. The highest BCUT2D eigenvalue weighted by molar-refractivity contribution is 5.91. The van der Waals surface area contributed by atoms with Crippen molar-refractivity contribution in [1.29, 1.82) is 0 Å². The van der Waals surface area contributed by atoms with Crippen molar-refractivity contribution in [3.8, 4) is 11.8 Å². The normalized spacial score (nSPS) is 14.1. The molecule has 0 saturated carbocycles. The molecule has 172 valence electrons. The van der Waals surface area contributed by atoms with E-state index >= 15 is 0 Å². The number of aromatic nitrogens is 4. The van der Waals surface area contributed by atoms with E-state index in [1.807, 2.05) is 4.90 Å². The summed E-state index contributed by atoms with van der Waals surface area (Å²) in [5.74, 6) is 1.67. The number of imidazole rings is 1. The van der Waals surface area contributed by atoms with E-state index in [1.54, 1.807) is 11.5 Å². The maximum atomic E-state index is 13.1. The molecule has 0 radical (unpaired) electrons. The molecule has 1 aliphatic rings. The van der Waals surface area contributed by atoms with Gasteiger partial charge in [-0.2, -0.15) is 23.1 Å². The highest BCUT2D eigenvalue weighted by Crippen LogP contribution is 2.23. The average molecular weight is 455 g/mol. The lowest BCUT2D eigenvalue weighted by Gasteiger charge is -2.28. The largest absolute Gasteiger partial charge is 0.493 e. The van der Waals surface area contributed by atoms with Crippen LogP contribution in [0.3, 0.4) is 0 Å².